The Morgan fingerprint density at radius 2 is 2.18 bits per heavy atom. The van der Waals surface area contributed by atoms with Crippen molar-refractivity contribution in [3.63, 3.8) is 0 Å². The Morgan fingerprint density at radius 1 is 1.35 bits per heavy atom. The van der Waals surface area contributed by atoms with Gasteiger partial charge in [-0.2, -0.15) is 0 Å². The summed E-state index contributed by atoms with van der Waals surface area (Å²) < 4.78 is 0. The van der Waals surface area contributed by atoms with Crippen LogP contribution in [0.15, 0.2) is 4.99 Å². The summed E-state index contributed by atoms with van der Waals surface area (Å²) in [5, 5.41) is 0. The van der Waals surface area contributed by atoms with E-state index in [1.54, 1.807) is 0 Å². The van der Waals surface area contributed by atoms with Gasteiger partial charge in [0, 0.05) is 32.2 Å². The Kier molecular flexibility index (Phi) is 4.62. The first-order chi connectivity index (χ1) is 8.35. The van der Waals surface area contributed by atoms with E-state index in [0.29, 0.717) is 6.04 Å². The maximum atomic E-state index is 5.60. The highest BCUT2D eigenvalue weighted by Crippen LogP contribution is 2.21. The van der Waals surface area contributed by atoms with Gasteiger partial charge in [0.2, 0.25) is 5.96 Å². The number of hydrogen-bond donors (Lipinski definition) is 2. The molecule has 0 bridgehead atoms. The van der Waals surface area contributed by atoms with Gasteiger partial charge in [0.1, 0.15) is 0 Å². The highest BCUT2D eigenvalue weighted by molar-refractivity contribution is 5.79. The van der Waals surface area contributed by atoms with Crippen LogP contribution in [0.25, 0.3) is 0 Å². The zero-order valence-electron chi connectivity index (χ0n) is 10.9. The zero-order valence-corrected chi connectivity index (χ0v) is 10.9. The van der Waals surface area contributed by atoms with Gasteiger partial charge in [-0.05, 0) is 32.2 Å². The van der Waals surface area contributed by atoms with E-state index in [9.17, 15) is 0 Å². The number of hydrogen-bond acceptors (Lipinski definition) is 3. The van der Waals surface area contributed by atoms with Gasteiger partial charge in [-0.15, -0.1) is 0 Å². The van der Waals surface area contributed by atoms with E-state index in [1.165, 1.54) is 32.4 Å². The SMILES string of the molecule is CCCN=C(NN)N1CCCN2CCCC2C1. The molecule has 5 nitrogen and oxygen atoms in total. The van der Waals surface area contributed by atoms with Gasteiger partial charge in [0.25, 0.3) is 0 Å². The van der Waals surface area contributed by atoms with Crippen LogP contribution in [0, 0.1) is 0 Å². The standard InChI is InChI=1S/C12H25N5/c1-2-6-14-12(15-13)17-9-4-8-16-7-3-5-11(16)10-17/h11H,2-10,13H2,1H3,(H,14,15). The van der Waals surface area contributed by atoms with Crippen LogP contribution in [-0.4, -0.2) is 54.5 Å². The molecule has 0 radical (unpaired) electrons. The lowest BCUT2D eigenvalue weighted by Gasteiger charge is -2.27. The largest absolute Gasteiger partial charge is 0.340 e. The quantitative estimate of drug-likeness (QED) is 0.317. The van der Waals surface area contributed by atoms with Gasteiger partial charge >= 0.3 is 0 Å². The van der Waals surface area contributed by atoms with Crippen molar-refractivity contribution < 1.29 is 0 Å². The van der Waals surface area contributed by atoms with Gasteiger partial charge in [-0.1, -0.05) is 6.92 Å². The first kappa shape index (κ1) is 12.6. The highest BCUT2D eigenvalue weighted by atomic mass is 15.4. The average Bonchev–Trinajstić information content (AvgIpc) is 2.68. The summed E-state index contributed by atoms with van der Waals surface area (Å²) in [6.07, 6.45) is 4.94. The fraction of sp³-hybridized carbons (Fsp3) is 0.917. The van der Waals surface area contributed by atoms with Crippen LogP contribution in [-0.2, 0) is 0 Å². The molecule has 1 atom stereocenters. The molecule has 2 rings (SSSR count). The van der Waals surface area contributed by atoms with Crippen molar-refractivity contribution in [2.45, 2.75) is 38.6 Å². The van der Waals surface area contributed by atoms with Gasteiger partial charge in [-0.3, -0.25) is 15.3 Å². The Balaban J connectivity index is 1.99. The Bertz CT molecular complexity index is 266. The third-order valence-electron chi connectivity index (χ3n) is 3.72. The summed E-state index contributed by atoms with van der Waals surface area (Å²) in [6, 6.07) is 0.706. The number of guanidine groups is 1. The predicted molar refractivity (Wildman–Crippen MR) is 70.7 cm³/mol. The molecule has 0 amide bonds. The van der Waals surface area contributed by atoms with Crippen LogP contribution >= 0.6 is 0 Å². The van der Waals surface area contributed by atoms with Crippen molar-refractivity contribution in [2.75, 3.05) is 32.7 Å². The predicted octanol–water partition coefficient (Wildman–Crippen LogP) is 0.386. The second-order valence-corrected chi connectivity index (χ2v) is 4.98. The lowest BCUT2D eigenvalue weighted by Crippen LogP contribution is -2.48. The van der Waals surface area contributed by atoms with Crippen molar-refractivity contribution in [1.29, 1.82) is 0 Å². The van der Waals surface area contributed by atoms with Crippen LogP contribution in [0.5, 0.6) is 0 Å². The molecule has 98 valence electrons. The average molecular weight is 239 g/mol. The lowest BCUT2D eigenvalue weighted by molar-refractivity contribution is 0.254. The van der Waals surface area contributed by atoms with Crippen molar-refractivity contribution in [2.24, 2.45) is 10.8 Å². The Morgan fingerprint density at radius 3 is 2.94 bits per heavy atom. The van der Waals surface area contributed by atoms with E-state index < -0.39 is 0 Å². The second-order valence-electron chi connectivity index (χ2n) is 4.98. The molecule has 0 aromatic heterocycles. The summed E-state index contributed by atoms with van der Waals surface area (Å²) in [7, 11) is 0. The Hall–Kier alpha value is -0.810. The smallest absolute Gasteiger partial charge is 0.208 e. The number of nitrogens with zero attached hydrogens (tertiary/aromatic N) is 3. The van der Waals surface area contributed by atoms with Gasteiger partial charge in [0.15, 0.2) is 0 Å². The van der Waals surface area contributed by atoms with E-state index in [4.69, 9.17) is 5.84 Å². The van der Waals surface area contributed by atoms with Crippen LogP contribution in [0.4, 0.5) is 0 Å². The molecule has 0 saturated carbocycles. The molecule has 0 spiro atoms. The first-order valence-corrected chi connectivity index (χ1v) is 6.85. The number of fused-ring (bicyclic) bond motifs is 1. The molecule has 2 saturated heterocycles. The Labute approximate surface area is 104 Å². The molecule has 3 N–H and O–H groups in total. The fourth-order valence-electron chi connectivity index (χ4n) is 2.85. The maximum Gasteiger partial charge on any atom is 0.208 e. The normalized spacial score (nSPS) is 26.8. The van der Waals surface area contributed by atoms with Gasteiger partial charge in [0.05, 0.1) is 0 Å². The summed E-state index contributed by atoms with van der Waals surface area (Å²) in [5.41, 5.74) is 2.77. The summed E-state index contributed by atoms with van der Waals surface area (Å²) in [5.74, 6) is 6.47. The lowest BCUT2D eigenvalue weighted by atomic mass is 10.2. The zero-order chi connectivity index (χ0) is 12.1. The number of rotatable bonds is 2. The van der Waals surface area contributed by atoms with Gasteiger partial charge in [-0.25, -0.2) is 5.84 Å². The van der Waals surface area contributed by atoms with Crippen LogP contribution < -0.4 is 11.3 Å². The van der Waals surface area contributed by atoms with E-state index in [-0.39, 0.29) is 0 Å². The molecular formula is C12H25N5. The van der Waals surface area contributed by atoms with Gasteiger partial charge < -0.3 is 4.90 Å². The number of hydrazine groups is 1. The van der Waals surface area contributed by atoms with Crippen molar-refractivity contribution >= 4 is 5.96 Å². The summed E-state index contributed by atoms with van der Waals surface area (Å²) in [4.78, 5) is 9.47. The maximum absolute atomic E-state index is 5.60. The molecular weight excluding hydrogens is 214 g/mol. The minimum absolute atomic E-state index is 0.706. The number of nitrogens with two attached hydrogens (primary N) is 1. The summed E-state index contributed by atoms with van der Waals surface area (Å²) in [6.45, 7) is 7.64. The molecule has 0 aromatic carbocycles. The van der Waals surface area contributed by atoms with Crippen LogP contribution in [0.2, 0.25) is 0 Å². The molecule has 0 aliphatic carbocycles. The molecule has 5 heteroatoms. The van der Waals surface area contributed by atoms with Crippen molar-refractivity contribution in [3.8, 4) is 0 Å². The monoisotopic (exact) mass is 239 g/mol. The summed E-state index contributed by atoms with van der Waals surface area (Å²) >= 11 is 0. The molecule has 2 aliphatic heterocycles. The molecule has 17 heavy (non-hydrogen) atoms. The number of nitrogens with one attached hydrogen (secondary N) is 1. The van der Waals surface area contributed by atoms with E-state index in [1.807, 2.05) is 0 Å². The molecule has 2 heterocycles. The van der Waals surface area contributed by atoms with E-state index in [0.717, 1.165) is 32.0 Å². The minimum atomic E-state index is 0.706. The third-order valence-corrected chi connectivity index (χ3v) is 3.72. The van der Waals surface area contributed by atoms with Crippen LogP contribution in [0.3, 0.4) is 0 Å². The van der Waals surface area contributed by atoms with Crippen molar-refractivity contribution in [1.82, 2.24) is 15.2 Å². The minimum Gasteiger partial charge on any atom is -0.340 e. The molecule has 2 fully saturated rings. The topological polar surface area (TPSA) is 56.9 Å². The first-order valence-electron chi connectivity index (χ1n) is 6.85. The van der Waals surface area contributed by atoms with Crippen molar-refractivity contribution in [3.05, 3.63) is 0 Å². The fourth-order valence-corrected chi connectivity index (χ4v) is 2.85. The van der Waals surface area contributed by atoms with E-state index in [2.05, 4.69) is 27.1 Å². The molecule has 2 aliphatic rings. The van der Waals surface area contributed by atoms with Crippen LogP contribution in [0.1, 0.15) is 32.6 Å². The highest BCUT2D eigenvalue weighted by Gasteiger charge is 2.29. The number of aliphatic imine (C=N–C) groups is 1. The second kappa shape index (κ2) is 6.21. The van der Waals surface area contributed by atoms with E-state index >= 15 is 0 Å². The molecule has 1 unspecified atom stereocenters. The third kappa shape index (κ3) is 3.10. The molecule has 0 aromatic rings.